The fourth-order valence-corrected chi connectivity index (χ4v) is 6.39. The van der Waals surface area contributed by atoms with Crippen LogP contribution in [0.1, 0.15) is 44.9 Å². The molecule has 4 fully saturated rings. The van der Waals surface area contributed by atoms with Crippen LogP contribution in [-0.2, 0) is 9.59 Å². The van der Waals surface area contributed by atoms with Gasteiger partial charge in [0.1, 0.15) is 0 Å². The maximum absolute atomic E-state index is 12.9. The van der Waals surface area contributed by atoms with Gasteiger partial charge in [0.15, 0.2) is 0 Å². The summed E-state index contributed by atoms with van der Waals surface area (Å²) < 4.78 is 0.864. The standard InChI is InChI=1S/C20H24BrClN2O2/c21-15-1-2-17(16(22)8-15)24-18(25)3-4-23-19(26)20-9-12-5-13(10-20)7-14(6-12)11-20/h1-2,8,12-14H,3-7,9-11H2,(H,23,26)(H,24,25). The van der Waals surface area contributed by atoms with Crippen molar-refractivity contribution in [1.82, 2.24) is 5.32 Å². The number of anilines is 1. The second-order valence-corrected chi connectivity index (χ2v) is 9.70. The van der Waals surface area contributed by atoms with Gasteiger partial charge < -0.3 is 10.6 Å². The third-order valence-corrected chi connectivity index (χ3v) is 7.17. The molecule has 0 atom stereocenters. The molecule has 26 heavy (non-hydrogen) atoms. The third-order valence-electron chi connectivity index (χ3n) is 6.36. The fraction of sp³-hybridized carbons (Fsp3) is 0.600. The van der Waals surface area contributed by atoms with Gasteiger partial charge in [0.25, 0.3) is 0 Å². The van der Waals surface area contributed by atoms with Crippen molar-refractivity contribution in [3.63, 3.8) is 0 Å². The minimum atomic E-state index is -0.153. The lowest BCUT2D eigenvalue weighted by Crippen LogP contribution is -2.53. The summed E-state index contributed by atoms with van der Waals surface area (Å²) in [5, 5.41) is 6.33. The molecular formula is C20H24BrClN2O2. The zero-order chi connectivity index (χ0) is 18.3. The monoisotopic (exact) mass is 438 g/mol. The van der Waals surface area contributed by atoms with Gasteiger partial charge in [0, 0.05) is 22.9 Å². The maximum Gasteiger partial charge on any atom is 0.226 e. The Balaban J connectivity index is 1.28. The van der Waals surface area contributed by atoms with Crippen LogP contribution in [0.25, 0.3) is 0 Å². The first-order valence-corrected chi connectivity index (χ1v) is 10.6. The van der Waals surface area contributed by atoms with E-state index in [4.69, 9.17) is 11.6 Å². The van der Waals surface area contributed by atoms with E-state index in [2.05, 4.69) is 26.6 Å². The summed E-state index contributed by atoms with van der Waals surface area (Å²) in [5.74, 6) is 2.27. The molecule has 2 N–H and O–H groups in total. The molecule has 0 spiro atoms. The van der Waals surface area contributed by atoms with Gasteiger partial charge in [-0.15, -0.1) is 0 Å². The van der Waals surface area contributed by atoms with Gasteiger partial charge in [0.2, 0.25) is 11.8 Å². The normalized spacial score (nSPS) is 31.7. The van der Waals surface area contributed by atoms with Crippen molar-refractivity contribution in [1.29, 1.82) is 0 Å². The molecule has 0 saturated heterocycles. The highest BCUT2D eigenvalue weighted by atomic mass is 79.9. The van der Waals surface area contributed by atoms with Crippen molar-refractivity contribution in [2.45, 2.75) is 44.9 Å². The van der Waals surface area contributed by atoms with E-state index in [0.29, 0.717) is 17.3 Å². The average Bonchev–Trinajstić information content (AvgIpc) is 2.56. The zero-order valence-electron chi connectivity index (χ0n) is 14.7. The molecule has 0 heterocycles. The van der Waals surface area contributed by atoms with E-state index in [1.54, 1.807) is 12.1 Å². The number of rotatable bonds is 5. The Morgan fingerprint density at radius 2 is 1.73 bits per heavy atom. The number of halogens is 2. The summed E-state index contributed by atoms with van der Waals surface area (Å²) in [5.41, 5.74) is 0.438. The van der Waals surface area contributed by atoms with Crippen LogP contribution >= 0.6 is 27.5 Å². The lowest BCUT2D eigenvalue weighted by atomic mass is 9.49. The molecular weight excluding hydrogens is 416 g/mol. The summed E-state index contributed by atoms with van der Waals surface area (Å²) in [6.45, 7) is 0.376. The third kappa shape index (κ3) is 3.65. The molecule has 0 radical (unpaired) electrons. The molecule has 4 bridgehead atoms. The van der Waals surface area contributed by atoms with Gasteiger partial charge in [-0.05, 0) is 74.5 Å². The van der Waals surface area contributed by atoms with E-state index in [1.807, 2.05) is 6.07 Å². The molecule has 1 aromatic carbocycles. The summed E-state index contributed by atoms with van der Waals surface area (Å²) in [6.07, 6.45) is 7.36. The fourth-order valence-electron chi connectivity index (χ4n) is 5.67. The van der Waals surface area contributed by atoms with E-state index in [1.165, 1.54) is 19.3 Å². The number of nitrogens with one attached hydrogen (secondary N) is 2. The van der Waals surface area contributed by atoms with Crippen molar-refractivity contribution in [2.24, 2.45) is 23.2 Å². The van der Waals surface area contributed by atoms with Crippen LogP contribution in [0.2, 0.25) is 5.02 Å². The maximum atomic E-state index is 12.9. The molecule has 6 heteroatoms. The highest BCUT2D eigenvalue weighted by Crippen LogP contribution is 2.60. The smallest absolute Gasteiger partial charge is 0.226 e. The Bertz CT molecular complexity index is 701. The Kier molecular flexibility index (Phi) is 5.04. The molecule has 5 rings (SSSR count). The number of benzene rings is 1. The summed E-state index contributed by atoms with van der Waals surface area (Å²) in [4.78, 5) is 25.0. The second-order valence-electron chi connectivity index (χ2n) is 8.38. The molecule has 4 nitrogen and oxygen atoms in total. The van der Waals surface area contributed by atoms with E-state index < -0.39 is 0 Å². The molecule has 4 saturated carbocycles. The van der Waals surface area contributed by atoms with Crippen molar-refractivity contribution in [3.05, 3.63) is 27.7 Å². The van der Waals surface area contributed by atoms with Gasteiger partial charge >= 0.3 is 0 Å². The Morgan fingerprint density at radius 3 is 2.31 bits per heavy atom. The van der Waals surface area contributed by atoms with Gasteiger partial charge in [-0.25, -0.2) is 0 Å². The molecule has 4 aliphatic carbocycles. The van der Waals surface area contributed by atoms with Gasteiger partial charge in [0.05, 0.1) is 10.7 Å². The molecule has 0 unspecified atom stereocenters. The predicted octanol–water partition coefficient (Wildman–Crippen LogP) is 4.76. The number of hydrogen-bond donors (Lipinski definition) is 2. The molecule has 2 amide bonds. The van der Waals surface area contributed by atoms with Crippen LogP contribution in [0.15, 0.2) is 22.7 Å². The highest BCUT2D eigenvalue weighted by Gasteiger charge is 2.54. The van der Waals surface area contributed by atoms with E-state index in [9.17, 15) is 9.59 Å². The SMILES string of the molecule is O=C(CCNC(=O)C12CC3CC(CC(C3)C1)C2)Nc1ccc(Br)cc1Cl. The molecule has 0 aliphatic heterocycles. The topological polar surface area (TPSA) is 58.2 Å². The first kappa shape index (κ1) is 18.3. The molecule has 140 valence electrons. The Morgan fingerprint density at radius 1 is 1.12 bits per heavy atom. The average molecular weight is 440 g/mol. The lowest BCUT2D eigenvalue weighted by molar-refractivity contribution is -0.146. The highest BCUT2D eigenvalue weighted by molar-refractivity contribution is 9.10. The van der Waals surface area contributed by atoms with Crippen molar-refractivity contribution in [2.75, 3.05) is 11.9 Å². The van der Waals surface area contributed by atoms with Crippen molar-refractivity contribution in [3.8, 4) is 0 Å². The molecule has 4 aliphatic rings. The molecule has 1 aromatic rings. The number of amides is 2. The summed E-state index contributed by atoms with van der Waals surface area (Å²) in [7, 11) is 0. The minimum Gasteiger partial charge on any atom is -0.355 e. The first-order valence-electron chi connectivity index (χ1n) is 9.47. The lowest BCUT2D eigenvalue weighted by Gasteiger charge is -2.55. The van der Waals surface area contributed by atoms with Crippen LogP contribution in [0.3, 0.4) is 0 Å². The van der Waals surface area contributed by atoms with Crippen LogP contribution in [-0.4, -0.2) is 18.4 Å². The van der Waals surface area contributed by atoms with Gasteiger partial charge in [-0.3, -0.25) is 9.59 Å². The summed E-state index contributed by atoms with van der Waals surface area (Å²) >= 11 is 9.46. The van der Waals surface area contributed by atoms with Crippen molar-refractivity contribution < 1.29 is 9.59 Å². The minimum absolute atomic E-state index is 0.139. The van der Waals surface area contributed by atoms with E-state index >= 15 is 0 Å². The quantitative estimate of drug-likeness (QED) is 0.694. The van der Waals surface area contributed by atoms with E-state index in [0.717, 1.165) is 41.5 Å². The second kappa shape index (κ2) is 7.16. The predicted molar refractivity (Wildman–Crippen MR) is 106 cm³/mol. The summed E-state index contributed by atoms with van der Waals surface area (Å²) in [6, 6.07) is 5.33. The largest absolute Gasteiger partial charge is 0.355 e. The van der Waals surface area contributed by atoms with Crippen LogP contribution in [0, 0.1) is 23.2 Å². The van der Waals surface area contributed by atoms with Crippen LogP contribution < -0.4 is 10.6 Å². The first-order chi connectivity index (χ1) is 12.4. The molecule has 0 aromatic heterocycles. The Labute approximate surface area is 167 Å². The zero-order valence-corrected chi connectivity index (χ0v) is 17.0. The number of hydrogen-bond acceptors (Lipinski definition) is 2. The van der Waals surface area contributed by atoms with Crippen molar-refractivity contribution >= 4 is 45.0 Å². The van der Waals surface area contributed by atoms with Gasteiger partial charge in [-0.2, -0.15) is 0 Å². The van der Waals surface area contributed by atoms with Crippen LogP contribution in [0.5, 0.6) is 0 Å². The number of carbonyl (C=O) groups excluding carboxylic acids is 2. The van der Waals surface area contributed by atoms with E-state index in [-0.39, 0.29) is 23.7 Å². The van der Waals surface area contributed by atoms with Gasteiger partial charge in [-0.1, -0.05) is 27.5 Å². The number of carbonyl (C=O) groups is 2. The van der Waals surface area contributed by atoms with Crippen LogP contribution in [0.4, 0.5) is 5.69 Å². The Hall–Kier alpha value is -1.07.